The fourth-order valence-electron chi connectivity index (χ4n) is 4.42. The lowest BCUT2D eigenvalue weighted by Crippen LogP contribution is -2.51. The predicted molar refractivity (Wildman–Crippen MR) is 126 cm³/mol. The number of amides is 1. The summed E-state index contributed by atoms with van der Waals surface area (Å²) in [6, 6.07) is 15.9. The van der Waals surface area contributed by atoms with Crippen molar-refractivity contribution in [2.75, 3.05) is 31.6 Å². The van der Waals surface area contributed by atoms with Crippen molar-refractivity contribution in [1.82, 2.24) is 9.88 Å². The molecule has 1 saturated heterocycles. The highest BCUT2D eigenvalue weighted by Crippen LogP contribution is 2.36. The molecule has 32 heavy (non-hydrogen) atoms. The lowest BCUT2D eigenvalue weighted by Gasteiger charge is -2.38. The first-order valence-corrected chi connectivity index (χ1v) is 12.0. The van der Waals surface area contributed by atoms with Crippen molar-refractivity contribution in [2.45, 2.75) is 31.9 Å². The van der Waals surface area contributed by atoms with Crippen LogP contribution >= 0.6 is 11.3 Å². The van der Waals surface area contributed by atoms with Gasteiger partial charge in [-0.1, -0.05) is 24.3 Å². The Morgan fingerprint density at radius 3 is 2.75 bits per heavy atom. The number of aromatic nitrogens is 1. The van der Waals surface area contributed by atoms with Crippen LogP contribution in [-0.4, -0.2) is 48.6 Å². The van der Waals surface area contributed by atoms with Crippen LogP contribution in [0.1, 0.15) is 25.0 Å². The minimum Gasteiger partial charge on any atom is -0.496 e. The fraction of sp³-hybridized carbons (Fsp3) is 0.360. The fourth-order valence-corrected chi connectivity index (χ4v) is 5.26. The van der Waals surface area contributed by atoms with Gasteiger partial charge >= 0.3 is 0 Å². The predicted octanol–water partition coefficient (Wildman–Crippen LogP) is 4.60. The van der Waals surface area contributed by atoms with Gasteiger partial charge in [-0.3, -0.25) is 4.79 Å². The van der Waals surface area contributed by atoms with Gasteiger partial charge in [0, 0.05) is 18.5 Å². The molecule has 2 aliphatic rings. The van der Waals surface area contributed by atoms with Gasteiger partial charge in [-0.25, -0.2) is 4.98 Å². The van der Waals surface area contributed by atoms with Gasteiger partial charge in [-0.2, -0.15) is 0 Å². The molecule has 5 rings (SSSR count). The molecule has 1 atom stereocenters. The molecule has 1 unspecified atom stereocenters. The van der Waals surface area contributed by atoms with Gasteiger partial charge in [-0.05, 0) is 43.5 Å². The standard InChI is InChI=1S/C25H27N3O3S/c1-30-21-11-5-3-9-19(21)24-26-18(17-32-24)15-28-16-23(25(29)27-13-7-2-8-14-27)31-22-12-6-4-10-20(22)28/h3-6,9-12,17,23H,2,7-8,13-16H2,1H3. The Hall–Kier alpha value is -3.06. The number of nitrogens with zero attached hydrogens (tertiary/aromatic N) is 3. The SMILES string of the molecule is COc1ccccc1-c1nc(CN2CC(C(=O)N3CCCCC3)Oc3ccccc32)cs1. The van der Waals surface area contributed by atoms with Gasteiger partial charge in [-0.15, -0.1) is 11.3 Å². The molecule has 6 nitrogen and oxygen atoms in total. The van der Waals surface area contributed by atoms with Crippen LogP contribution in [0.25, 0.3) is 10.6 Å². The number of rotatable bonds is 5. The molecule has 2 aliphatic heterocycles. The number of para-hydroxylation sites is 3. The number of ether oxygens (including phenoxy) is 2. The Balaban J connectivity index is 1.38. The molecule has 3 heterocycles. The number of likely N-dealkylation sites (tertiary alicyclic amines) is 1. The summed E-state index contributed by atoms with van der Waals surface area (Å²) in [7, 11) is 1.68. The van der Waals surface area contributed by atoms with Crippen LogP contribution in [-0.2, 0) is 11.3 Å². The molecule has 0 spiro atoms. The van der Waals surface area contributed by atoms with Gasteiger partial charge < -0.3 is 19.3 Å². The molecule has 0 radical (unpaired) electrons. The molecule has 1 amide bonds. The van der Waals surface area contributed by atoms with Crippen LogP contribution < -0.4 is 14.4 Å². The third-order valence-electron chi connectivity index (χ3n) is 6.05. The summed E-state index contributed by atoms with van der Waals surface area (Å²) in [5, 5.41) is 3.02. The molecule has 1 fully saturated rings. The number of carbonyl (C=O) groups is 1. The quantitative estimate of drug-likeness (QED) is 0.570. The van der Waals surface area contributed by atoms with E-state index in [1.807, 2.05) is 53.4 Å². The molecule has 7 heteroatoms. The number of carbonyl (C=O) groups excluding carboxylic acids is 1. The van der Waals surface area contributed by atoms with E-state index in [1.54, 1.807) is 18.4 Å². The number of thiazole rings is 1. The zero-order valence-electron chi connectivity index (χ0n) is 18.2. The summed E-state index contributed by atoms with van der Waals surface area (Å²) in [6.45, 7) is 2.80. The molecular formula is C25H27N3O3S. The number of benzene rings is 2. The van der Waals surface area contributed by atoms with Crippen molar-refractivity contribution in [2.24, 2.45) is 0 Å². The highest BCUT2D eigenvalue weighted by atomic mass is 32.1. The molecule has 166 valence electrons. The first-order valence-electron chi connectivity index (χ1n) is 11.1. The van der Waals surface area contributed by atoms with Crippen LogP contribution in [0.2, 0.25) is 0 Å². The first kappa shape index (κ1) is 20.8. The summed E-state index contributed by atoms with van der Waals surface area (Å²) in [5.41, 5.74) is 2.96. The average Bonchev–Trinajstić information content (AvgIpc) is 3.32. The van der Waals surface area contributed by atoms with E-state index >= 15 is 0 Å². The molecule has 1 aromatic heterocycles. The van der Waals surface area contributed by atoms with Crippen molar-refractivity contribution < 1.29 is 14.3 Å². The monoisotopic (exact) mass is 449 g/mol. The molecule has 3 aromatic rings. The maximum absolute atomic E-state index is 13.2. The second-order valence-corrected chi connectivity index (χ2v) is 9.04. The minimum atomic E-state index is -0.490. The van der Waals surface area contributed by atoms with E-state index < -0.39 is 6.10 Å². The van der Waals surface area contributed by atoms with Crippen molar-refractivity contribution in [3.05, 3.63) is 59.6 Å². The van der Waals surface area contributed by atoms with Gasteiger partial charge in [0.1, 0.15) is 16.5 Å². The third kappa shape index (κ3) is 4.17. The average molecular weight is 450 g/mol. The Morgan fingerprint density at radius 2 is 1.91 bits per heavy atom. The summed E-state index contributed by atoms with van der Waals surface area (Å²) in [6.07, 6.45) is 2.85. The number of piperidine rings is 1. The number of hydrogen-bond donors (Lipinski definition) is 0. The van der Waals surface area contributed by atoms with Gasteiger partial charge in [0.05, 0.1) is 37.1 Å². The molecule has 0 bridgehead atoms. The maximum atomic E-state index is 13.2. The zero-order valence-corrected chi connectivity index (χ0v) is 19.0. The topological polar surface area (TPSA) is 54.9 Å². The number of fused-ring (bicyclic) bond motifs is 1. The smallest absolute Gasteiger partial charge is 0.265 e. The zero-order chi connectivity index (χ0) is 21.9. The molecule has 0 saturated carbocycles. The molecule has 2 aromatic carbocycles. The van der Waals surface area contributed by atoms with Gasteiger partial charge in [0.25, 0.3) is 5.91 Å². The van der Waals surface area contributed by atoms with Crippen LogP contribution in [0.15, 0.2) is 53.9 Å². The van der Waals surface area contributed by atoms with E-state index in [1.165, 1.54) is 6.42 Å². The molecule has 0 aliphatic carbocycles. The molecular weight excluding hydrogens is 422 g/mol. The largest absolute Gasteiger partial charge is 0.496 e. The van der Waals surface area contributed by atoms with E-state index in [0.717, 1.165) is 59.4 Å². The second kappa shape index (κ2) is 9.20. The van der Waals surface area contributed by atoms with Crippen molar-refractivity contribution in [3.8, 4) is 22.1 Å². The first-order chi connectivity index (χ1) is 15.7. The number of methoxy groups -OCH3 is 1. The normalized spacial score (nSPS) is 18.1. The van der Waals surface area contributed by atoms with E-state index in [9.17, 15) is 4.79 Å². The molecule has 0 N–H and O–H groups in total. The van der Waals surface area contributed by atoms with Gasteiger partial charge in [0.15, 0.2) is 6.10 Å². The van der Waals surface area contributed by atoms with Crippen molar-refractivity contribution in [1.29, 1.82) is 0 Å². The Kier molecular flexibility index (Phi) is 5.99. The van der Waals surface area contributed by atoms with Gasteiger partial charge in [0.2, 0.25) is 0 Å². The van der Waals surface area contributed by atoms with E-state index in [2.05, 4.69) is 10.3 Å². The highest BCUT2D eigenvalue weighted by molar-refractivity contribution is 7.13. The van der Waals surface area contributed by atoms with Crippen LogP contribution in [0.5, 0.6) is 11.5 Å². The minimum absolute atomic E-state index is 0.0946. The Labute approximate surface area is 192 Å². The van der Waals surface area contributed by atoms with E-state index in [0.29, 0.717) is 13.1 Å². The van der Waals surface area contributed by atoms with Crippen molar-refractivity contribution >= 4 is 22.9 Å². The Bertz CT molecular complexity index is 1090. The Morgan fingerprint density at radius 1 is 1.12 bits per heavy atom. The summed E-state index contributed by atoms with van der Waals surface area (Å²) < 4.78 is 11.7. The number of hydrogen-bond acceptors (Lipinski definition) is 6. The van der Waals surface area contributed by atoms with E-state index in [-0.39, 0.29) is 5.91 Å². The van der Waals surface area contributed by atoms with Crippen LogP contribution in [0, 0.1) is 0 Å². The van der Waals surface area contributed by atoms with Crippen molar-refractivity contribution in [3.63, 3.8) is 0 Å². The number of anilines is 1. The summed E-state index contributed by atoms with van der Waals surface area (Å²) >= 11 is 1.61. The summed E-state index contributed by atoms with van der Waals surface area (Å²) in [5.74, 6) is 1.67. The lowest BCUT2D eigenvalue weighted by molar-refractivity contribution is -0.139. The maximum Gasteiger partial charge on any atom is 0.265 e. The highest BCUT2D eigenvalue weighted by Gasteiger charge is 2.34. The van der Waals surface area contributed by atoms with E-state index in [4.69, 9.17) is 14.5 Å². The van der Waals surface area contributed by atoms with Crippen LogP contribution in [0.3, 0.4) is 0 Å². The third-order valence-corrected chi connectivity index (χ3v) is 6.97. The lowest BCUT2D eigenvalue weighted by atomic mass is 10.1. The summed E-state index contributed by atoms with van der Waals surface area (Å²) in [4.78, 5) is 22.2. The van der Waals surface area contributed by atoms with Crippen LogP contribution in [0.4, 0.5) is 5.69 Å². The second-order valence-electron chi connectivity index (χ2n) is 8.18.